The highest BCUT2D eigenvalue weighted by Gasteiger charge is 2.30. The number of nitrogens with one attached hydrogen (secondary N) is 2. The van der Waals surface area contributed by atoms with Crippen LogP contribution in [-0.2, 0) is 4.74 Å². The van der Waals surface area contributed by atoms with Gasteiger partial charge < -0.3 is 9.64 Å². The fourth-order valence-corrected chi connectivity index (χ4v) is 3.17. The summed E-state index contributed by atoms with van der Waals surface area (Å²) in [5.74, 6) is -0.216. The van der Waals surface area contributed by atoms with E-state index >= 15 is 0 Å². The van der Waals surface area contributed by atoms with Crippen LogP contribution >= 0.6 is 0 Å². The number of carbonyl (C=O) groups is 1. The Morgan fingerprint density at radius 3 is 2.48 bits per heavy atom. The van der Waals surface area contributed by atoms with E-state index in [-0.39, 0.29) is 34.8 Å². The zero-order valence-corrected chi connectivity index (χ0v) is 14.6. The van der Waals surface area contributed by atoms with Gasteiger partial charge in [0.25, 0.3) is 11.5 Å². The number of ether oxygens (including phenoxy) is 1. The number of rotatable bonds is 3. The minimum absolute atomic E-state index is 0.00635. The first-order valence-corrected chi connectivity index (χ1v) is 8.51. The normalized spacial score (nSPS) is 20.8. The highest BCUT2D eigenvalue weighted by Crippen LogP contribution is 2.19. The second kappa shape index (κ2) is 6.79. The van der Waals surface area contributed by atoms with Crippen LogP contribution < -0.4 is 11.2 Å². The molecule has 2 unspecified atom stereocenters. The number of aromatic amines is 2. The van der Waals surface area contributed by atoms with E-state index in [2.05, 4.69) is 15.0 Å². The summed E-state index contributed by atoms with van der Waals surface area (Å²) in [6.45, 7) is 6.80. The summed E-state index contributed by atoms with van der Waals surface area (Å²) in [4.78, 5) is 47.0. The SMILES string of the molecule is CCC1CN(C(=O)c2cc(C)c3c(=O)[nH]c(=O)[nH]c3n2)CC(CC)O1. The number of fused-ring (bicyclic) bond motifs is 1. The summed E-state index contributed by atoms with van der Waals surface area (Å²) >= 11 is 0. The third-order valence-electron chi connectivity index (χ3n) is 4.55. The van der Waals surface area contributed by atoms with E-state index in [0.717, 1.165) is 12.8 Å². The Morgan fingerprint density at radius 1 is 1.24 bits per heavy atom. The summed E-state index contributed by atoms with van der Waals surface area (Å²) in [6, 6.07) is 1.59. The molecule has 0 saturated carbocycles. The number of morpholine rings is 1. The first kappa shape index (κ1) is 17.3. The molecule has 0 radical (unpaired) electrons. The van der Waals surface area contributed by atoms with Gasteiger partial charge in [-0.15, -0.1) is 0 Å². The quantitative estimate of drug-likeness (QED) is 0.860. The van der Waals surface area contributed by atoms with Crippen LogP contribution in [0.5, 0.6) is 0 Å². The molecule has 0 spiro atoms. The van der Waals surface area contributed by atoms with Gasteiger partial charge in [-0.3, -0.25) is 19.6 Å². The lowest BCUT2D eigenvalue weighted by molar-refractivity contribution is -0.0774. The Morgan fingerprint density at radius 2 is 1.88 bits per heavy atom. The van der Waals surface area contributed by atoms with E-state index in [1.807, 2.05) is 13.8 Å². The van der Waals surface area contributed by atoms with Gasteiger partial charge in [-0.05, 0) is 31.4 Å². The fourth-order valence-electron chi connectivity index (χ4n) is 3.17. The summed E-state index contributed by atoms with van der Waals surface area (Å²) in [5.41, 5.74) is -0.204. The predicted molar refractivity (Wildman–Crippen MR) is 92.9 cm³/mol. The van der Waals surface area contributed by atoms with Crippen LogP contribution in [0.2, 0.25) is 0 Å². The molecule has 8 nitrogen and oxygen atoms in total. The van der Waals surface area contributed by atoms with Gasteiger partial charge in [-0.1, -0.05) is 13.8 Å². The van der Waals surface area contributed by atoms with Crippen LogP contribution in [0.1, 0.15) is 42.7 Å². The van der Waals surface area contributed by atoms with Crippen molar-refractivity contribution in [3.8, 4) is 0 Å². The molecule has 1 aliphatic rings. The molecule has 8 heteroatoms. The lowest BCUT2D eigenvalue weighted by Gasteiger charge is -2.37. The maximum absolute atomic E-state index is 12.9. The van der Waals surface area contributed by atoms with Crippen LogP contribution in [0.15, 0.2) is 15.7 Å². The summed E-state index contributed by atoms with van der Waals surface area (Å²) in [6.07, 6.45) is 1.67. The molecule has 2 atom stereocenters. The molecule has 3 rings (SSSR count). The van der Waals surface area contributed by atoms with Gasteiger partial charge in [0, 0.05) is 13.1 Å². The van der Waals surface area contributed by atoms with Gasteiger partial charge >= 0.3 is 5.69 Å². The largest absolute Gasteiger partial charge is 0.371 e. The second-order valence-corrected chi connectivity index (χ2v) is 6.36. The number of aromatic nitrogens is 3. The van der Waals surface area contributed by atoms with Crippen LogP contribution in [0.25, 0.3) is 11.0 Å². The molecular weight excluding hydrogens is 324 g/mol. The number of aryl methyl sites for hydroxylation is 1. The first-order valence-electron chi connectivity index (χ1n) is 8.51. The average molecular weight is 346 g/mol. The zero-order chi connectivity index (χ0) is 18.1. The lowest BCUT2D eigenvalue weighted by Crippen LogP contribution is -2.49. The zero-order valence-electron chi connectivity index (χ0n) is 14.6. The van der Waals surface area contributed by atoms with Gasteiger partial charge in [-0.2, -0.15) is 0 Å². The molecule has 1 saturated heterocycles. The van der Waals surface area contributed by atoms with Crippen molar-refractivity contribution in [1.82, 2.24) is 19.9 Å². The molecule has 25 heavy (non-hydrogen) atoms. The molecule has 2 aromatic rings. The fraction of sp³-hybridized carbons (Fsp3) is 0.529. The predicted octanol–water partition coefficient (Wildman–Crippen LogP) is 0.949. The third-order valence-corrected chi connectivity index (χ3v) is 4.55. The van der Waals surface area contributed by atoms with Crippen LogP contribution in [0.4, 0.5) is 0 Å². The number of hydrogen-bond donors (Lipinski definition) is 2. The summed E-state index contributed by atoms with van der Waals surface area (Å²) in [5, 5.41) is 0.288. The highest BCUT2D eigenvalue weighted by atomic mass is 16.5. The Hall–Kier alpha value is -2.48. The van der Waals surface area contributed by atoms with E-state index in [0.29, 0.717) is 18.7 Å². The Bertz CT molecular complexity index is 905. The summed E-state index contributed by atoms with van der Waals surface area (Å²) in [7, 11) is 0. The maximum Gasteiger partial charge on any atom is 0.327 e. The number of hydrogen-bond acceptors (Lipinski definition) is 5. The van der Waals surface area contributed by atoms with E-state index in [9.17, 15) is 14.4 Å². The van der Waals surface area contributed by atoms with Gasteiger partial charge in [0.15, 0.2) is 0 Å². The van der Waals surface area contributed by atoms with Gasteiger partial charge in [0.1, 0.15) is 11.3 Å². The number of amides is 1. The lowest BCUT2D eigenvalue weighted by atomic mass is 10.1. The monoisotopic (exact) mass is 346 g/mol. The van der Waals surface area contributed by atoms with Gasteiger partial charge in [0.2, 0.25) is 0 Å². The topological polar surface area (TPSA) is 108 Å². The van der Waals surface area contributed by atoms with Crippen molar-refractivity contribution in [3.05, 3.63) is 38.2 Å². The van der Waals surface area contributed by atoms with E-state index in [4.69, 9.17) is 4.74 Å². The Balaban J connectivity index is 1.99. The average Bonchev–Trinajstić information content (AvgIpc) is 2.59. The molecule has 134 valence electrons. The van der Waals surface area contributed by atoms with Crippen molar-refractivity contribution in [2.75, 3.05) is 13.1 Å². The number of H-pyrrole nitrogens is 2. The van der Waals surface area contributed by atoms with Gasteiger partial charge in [0.05, 0.1) is 17.6 Å². The van der Waals surface area contributed by atoms with Gasteiger partial charge in [-0.25, -0.2) is 9.78 Å². The van der Waals surface area contributed by atoms with Crippen molar-refractivity contribution in [2.45, 2.75) is 45.8 Å². The first-order chi connectivity index (χ1) is 11.9. The van der Waals surface area contributed by atoms with Crippen molar-refractivity contribution in [2.24, 2.45) is 0 Å². The molecule has 2 aromatic heterocycles. The Kier molecular flexibility index (Phi) is 4.71. The highest BCUT2D eigenvalue weighted by molar-refractivity contribution is 5.95. The van der Waals surface area contributed by atoms with Crippen molar-refractivity contribution >= 4 is 16.9 Å². The van der Waals surface area contributed by atoms with Crippen LogP contribution in [-0.4, -0.2) is 51.1 Å². The molecule has 0 aliphatic carbocycles. The van der Waals surface area contributed by atoms with Crippen LogP contribution in [0, 0.1) is 6.92 Å². The van der Waals surface area contributed by atoms with E-state index < -0.39 is 11.2 Å². The number of nitrogens with zero attached hydrogens (tertiary/aromatic N) is 2. The molecule has 2 N–H and O–H groups in total. The maximum atomic E-state index is 12.9. The molecule has 0 aromatic carbocycles. The molecule has 3 heterocycles. The van der Waals surface area contributed by atoms with Crippen molar-refractivity contribution in [3.63, 3.8) is 0 Å². The summed E-state index contributed by atoms with van der Waals surface area (Å²) < 4.78 is 5.92. The molecule has 1 amide bonds. The standard InChI is InChI=1S/C17H22N4O4/c1-4-10-7-21(8-11(5-2)25-10)16(23)12-6-9(3)13-14(18-12)19-17(24)20-15(13)22/h6,10-11H,4-5,7-8H2,1-3H3,(H2,18,19,20,22,24). The molecular formula is C17H22N4O4. The molecule has 0 bridgehead atoms. The van der Waals surface area contributed by atoms with E-state index in [1.165, 1.54) is 0 Å². The second-order valence-electron chi connectivity index (χ2n) is 6.36. The minimum atomic E-state index is -0.641. The molecule has 1 aliphatic heterocycles. The van der Waals surface area contributed by atoms with E-state index in [1.54, 1.807) is 17.9 Å². The van der Waals surface area contributed by atoms with Crippen LogP contribution in [0.3, 0.4) is 0 Å². The number of pyridine rings is 1. The minimum Gasteiger partial charge on any atom is -0.371 e. The molecule has 1 fully saturated rings. The Labute approximate surface area is 144 Å². The third kappa shape index (κ3) is 3.34. The smallest absolute Gasteiger partial charge is 0.327 e. The number of carbonyl (C=O) groups excluding carboxylic acids is 1. The van der Waals surface area contributed by atoms with Crippen molar-refractivity contribution < 1.29 is 9.53 Å². The van der Waals surface area contributed by atoms with Crippen molar-refractivity contribution in [1.29, 1.82) is 0 Å².